The molecule has 0 bridgehead atoms. The van der Waals surface area contributed by atoms with Crippen molar-refractivity contribution in [2.75, 3.05) is 47.4 Å². The molecule has 0 unspecified atom stereocenters. The average Bonchev–Trinajstić information content (AvgIpc) is 3.19. The highest BCUT2D eigenvalue weighted by molar-refractivity contribution is 5.76. The number of hydrogen-bond acceptors (Lipinski definition) is 7. The highest BCUT2D eigenvalue weighted by Gasteiger charge is 2.29. The van der Waals surface area contributed by atoms with Gasteiger partial charge in [0.05, 0.1) is 37.3 Å². The quantitative estimate of drug-likeness (QED) is 0.616. The van der Waals surface area contributed by atoms with Crippen LogP contribution in [0.5, 0.6) is 0 Å². The molecule has 1 aliphatic rings. The summed E-state index contributed by atoms with van der Waals surface area (Å²) in [6.45, 7) is 6.46. The molecular weight excluding hydrogens is 412 g/mol. The van der Waals surface area contributed by atoms with Crippen LogP contribution in [-0.4, -0.2) is 106 Å². The Hall–Kier alpha value is -2.04. The zero-order valence-electron chi connectivity index (χ0n) is 20.2. The van der Waals surface area contributed by atoms with Crippen molar-refractivity contribution < 1.29 is 19.4 Å². The standard InChI is InChI=1S/C22H40N6O4/c1-17-13-27(18(2)15-29)22(31)9-7-11-28-19(12-23-24-28)16-32-20(17)14-26(5)21(30)8-6-10-25(3)4/h12,17-18,20,29H,6-11,13-16H2,1-5H3/t17-,18-,20+/m0/s1. The van der Waals surface area contributed by atoms with Gasteiger partial charge in [-0.1, -0.05) is 12.1 Å². The molecule has 0 spiro atoms. The number of amides is 2. The fraction of sp³-hybridized carbons (Fsp3) is 0.818. The fourth-order valence-electron chi connectivity index (χ4n) is 3.86. The summed E-state index contributed by atoms with van der Waals surface area (Å²) in [5, 5.41) is 17.8. The number of aromatic nitrogens is 3. The van der Waals surface area contributed by atoms with Crippen molar-refractivity contribution in [2.24, 2.45) is 5.92 Å². The van der Waals surface area contributed by atoms with Crippen LogP contribution in [0.4, 0.5) is 0 Å². The first-order valence-corrected chi connectivity index (χ1v) is 11.5. The summed E-state index contributed by atoms with van der Waals surface area (Å²) in [4.78, 5) is 31.1. The van der Waals surface area contributed by atoms with E-state index < -0.39 is 0 Å². The normalized spacial score (nSPS) is 21.6. The van der Waals surface area contributed by atoms with Gasteiger partial charge in [-0.3, -0.25) is 9.59 Å². The number of carbonyl (C=O) groups is 2. The lowest BCUT2D eigenvalue weighted by atomic mass is 10.0. The van der Waals surface area contributed by atoms with Gasteiger partial charge in [0.1, 0.15) is 0 Å². The van der Waals surface area contributed by atoms with Crippen LogP contribution in [-0.2, 0) is 27.5 Å². The summed E-state index contributed by atoms with van der Waals surface area (Å²) < 4.78 is 8.04. The monoisotopic (exact) mass is 452 g/mol. The number of nitrogens with zero attached hydrogens (tertiary/aromatic N) is 6. The molecule has 0 saturated heterocycles. The third kappa shape index (κ3) is 7.83. The molecule has 0 aromatic carbocycles. The summed E-state index contributed by atoms with van der Waals surface area (Å²) in [6.07, 6.45) is 3.72. The van der Waals surface area contributed by atoms with Crippen LogP contribution in [0.25, 0.3) is 0 Å². The smallest absolute Gasteiger partial charge is 0.222 e. The number of aryl methyl sites for hydroxylation is 1. The number of rotatable bonds is 8. The predicted molar refractivity (Wildman–Crippen MR) is 121 cm³/mol. The highest BCUT2D eigenvalue weighted by Crippen LogP contribution is 2.18. The van der Waals surface area contributed by atoms with E-state index in [0.717, 1.165) is 18.7 Å². The Morgan fingerprint density at radius 3 is 2.81 bits per heavy atom. The topological polar surface area (TPSA) is 104 Å². The molecule has 0 fully saturated rings. The van der Waals surface area contributed by atoms with Crippen molar-refractivity contribution in [1.29, 1.82) is 0 Å². The number of aliphatic hydroxyl groups excluding tert-OH is 1. The van der Waals surface area contributed by atoms with Gasteiger partial charge in [-0.05, 0) is 40.4 Å². The second-order valence-electron chi connectivity index (χ2n) is 9.14. The zero-order chi connectivity index (χ0) is 23.7. The van der Waals surface area contributed by atoms with Crippen LogP contribution in [0.3, 0.4) is 0 Å². The maximum absolute atomic E-state index is 12.9. The van der Waals surface area contributed by atoms with Gasteiger partial charge in [0.25, 0.3) is 0 Å². The summed E-state index contributed by atoms with van der Waals surface area (Å²) in [7, 11) is 5.79. The van der Waals surface area contributed by atoms with Crippen LogP contribution < -0.4 is 0 Å². The molecule has 0 saturated carbocycles. The maximum atomic E-state index is 12.9. The number of likely N-dealkylation sites (N-methyl/N-ethyl adjacent to an activating group) is 1. The lowest BCUT2D eigenvalue weighted by Gasteiger charge is -2.35. The molecule has 1 aromatic rings. The Kier molecular flexibility index (Phi) is 10.5. The Bertz CT molecular complexity index is 725. The van der Waals surface area contributed by atoms with Crippen LogP contribution in [0.2, 0.25) is 0 Å². The van der Waals surface area contributed by atoms with Gasteiger partial charge >= 0.3 is 0 Å². The molecule has 1 N–H and O–H groups in total. The largest absolute Gasteiger partial charge is 0.394 e. The van der Waals surface area contributed by atoms with Crippen molar-refractivity contribution in [2.45, 2.75) is 64.8 Å². The maximum Gasteiger partial charge on any atom is 0.222 e. The number of carbonyl (C=O) groups excluding carboxylic acids is 2. The lowest BCUT2D eigenvalue weighted by molar-refractivity contribution is -0.138. The Balaban J connectivity index is 2.15. The molecule has 2 rings (SSSR count). The molecule has 3 atom stereocenters. The third-order valence-electron chi connectivity index (χ3n) is 6.02. The number of ether oxygens (including phenoxy) is 1. The molecule has 2 amide bonds. The van der Waals surface area contributed by atoms with Crippen molar-refractivity contribution >= 4 is 11.8 Å². The van der Waals surface area contributed by atoms with Gasteiger partial charge in [0.2, 0.25) is 11.8 Å². The number of fused-ring (bicyclic) bond motifs is 1. The van der Waals surface area contributed by atoms with Crippen molar-refractivity contribution in [1.82, 2.24) is 29.7 Å². The fourth-order valence-corrected chi connectivity index (χ4v) is 3.86. The minimum atomic E-state index is -0.277. The van der Waals surface area contributed by atoms with E-state index in [0.29, 0.717) is 45.5 Å². The van der Waals surface area contributed by atoms with E-state index in [2.05, 4.69) is 15.2 Å². The van der Waals surface area contributed by atoms with Gasteiger partial charge in [-0.25, -0.2) is 4.68 Å². The van der Waals surface area contributed by atoms with Gasteiger partial charge < -0.3 is 24.5 Å². The molecule has 1 aliphatic heterocycles. The van der Waals surface area contributed by atoms with Gasteiger partial charge in [0, 0.05) is 45.4 Å². The van der Waals surface area contributed by atoms with Crippen LogP contribution in [0.1, 0.15) is 45.2 Å². The summed E-state index contributed by atoms with van der Waals surface area (Å²) in [5.41, 5.74) is 0.857. The highest BCUT2D eigenvalue weighted by atomic mass is 16.5. The second kappa shape index (κ2) is 12.9. The summed E-state index contributed by atoms with van der Waals surface area (Å²) in [6, 6.07) is -0.277. The van der Waals surface area contributed by atoms with Crippen LogP contribution in [0, 0.1) is 5.92 Å². The minimum Gasteiger partial charge on any atom is -0.394 e. The first kappa shape index (κ1) is 26.2. The first-order valence-electron chi connectivity index (χ1n) is 11.5. The van der Waals surface area contributed by atoms with E-state index in [1.54, 1.807) is 27.7 Å². The van der Waals surface area contributed by atoms with E-state index in [1.165, 1.54) is 0 Å². The molecule has 10 heteroatoms. The minimum absolute atomic E-state index is 0.00695. The SMILES string of the molecule is C[C@H]1CN([C@@H](C)CO)C(=O)CCCn2nncc2CO[C@@H]1CN(C)C(=O)CCCN(C)C. The van der Waals surface area contributed by atoms with Crippen molar-refractivity contribution in [3.05, 3.63) is 11.9 Å². The van der Waals surface area contributed by atoms with E-state index in [9.17, 15) is 14.7 Å². The van der Waals surface area contributed by atoms with E-state index in [4.69, 9.17) is 4.74 Å². The van der Waals surface area contributed by atoms with Crippen LogP contribution >= 0.6 is 0 Å². The Labute approximate surface area is 191 Å². The van der Waals surface area contributed by atoms with Crippen molar-refractivity contribution in [3.63, 3.8) is 0 Å². The average molecular weight is 453 g/mol. The van der Waals surface area contributed by atoms with E-state index in [1.807, 2.05) is 27.9 Å². The summed E-state index contributed by atoms with van der Waals surface area (Å²) in [5.74, 6) is 0.0540. The summed E-state index contributed by atoms with van der Waals surface area (Å²) >= 11 is 0. The Morgan fingerprint density at radius 1 is 1.38 bits per heavy atom. The molecule has 32 heavy (non-hydrogen) atoms. The number of aliphatic hydroxyl groups is 1. The lowest BCUT2D eigenvalue weighted by Crippen LogP contribution is -2.48. The second-order valence-corrected chi connectivity index (χ2v) is 9.14. The molecule has 2 heterocycles. The first-order chi connectivity index (χ1) is 15.2. The molecule has 1 aromatic heterocycles. The van der Waals surface area contributed by atoms with Crippen LogP contribution in [0.15, 0.2) is 6.20 Å². The van der Waals surface area contributed by atoms with E-state index >= 15 is 0 Å². The molecule has 10 nitrogen and oxygen atoms in total. The molecular formula is C22H40N6O4. The zero-order valence-corrected chi connectivity index (χ0v) is 20.2. The van der Waals surface area contributed by atoms with Gasteiger partial charge in [-0.2, -0.15) is 0 Å². The molecule has 0 aliphatic carbocycles. The predicted octanol–water partition coefficient (Wildman–Crippen LogP) is 0.603. The Morgan fingerprint density at radius 2 is 2.12 bits per heavy atom. The van der Waals surface area contributed by atoms with Crippen molar-refractivity contribution in [3.8, 4) is 0 Å². The number of hydrogen-bond donors (Lipinski definition) is 1. The van der Waals surface area contributed by atoms with Gasteiger partial charge in [0.15, 0.2) is 0 Å². The van der Waals surface area contributed by atoms with Gasteiger partial charge in [-0.15, -0.1) is 5.10 Å². The molecule has 0 radical (unpaired) electrons. The van der Waals surface area contributed by atoms with E-state index in [-0.39, 0.29) is 36.5 Å². The molecule has 182 valence electrons. The third-order valence-corrected chi connectivity index (χ3v) is 6.02.